The Labute approximate surface area is 113 Å². The molecule has 0 radical (unpaired) electrons. The molecule has 0 N–H and O–H groups in total. The summed E-state index contributed by atoms with van der Waals surface area (Å²) in [6.07, 6.45) is 4.20. The Hall–Kier alpha value is -1.07. The molecule has 1 aromatic carbocycles. The Morgan fingerprint density at radius 1 is 1.16 bits per heavy atom. The minimum atomic E-state index is -3.32. The van der Waals surface area contributed by atoms with Crippen LogP contribution in [0.2, 0.25) is 0 Å². The molecule has 4 nitrogen and oxygen atoms in total. The van der Waals surface area contributed by atoms with Gasteiger partial charge in [-0.1, -0.05) is 12.1 Å². The third kappa shape index (κ3) is 2.15. The third-order valence-electron chi connectivity index (χ3n) is 4.42. The van der Waals surface area contributed by atoms with Crippen molar-refractivity contribution in [2.75, 3.05) is 20.0 Å². The fourth-order valence-corrected chi connectivity index (χ4v) is 4.10. The third-order valence-corrected chi connectivity index (χ3v) is 4.97. The fraction of sp³-hybridized carbons (Fsp3) is 0.571. The molecule has 1 aromatic rings. The van der Waals surface area contributed by atoms with Crippen LogP contribution >= 0.6 is 0 Å². The van der Waals surface area contributed by atoms with E-state index in [1.54, 1.807) is 7.11 Å². The van der Waals surface area contributed by atoms with E-state index in [4.69, 9.17) is 8.92 Å². The molecular formula is C14H18O4S. The van der Waals surface area contributed by atoms with E-state index in [1.807, 2.05) is 12.1 Å². The predicted octanol–water partition coefficient (Wildman–Crippen LogP) is 2.09. The van der Waals surface area contributed by atoms with Crippen molar-refractivity contribution in [3.05, 3.63) is 29.8 Å². The maximum absolute atomic E-state index is 11.0. The molecule has 3 aliphatic carbocycles. The smallest absolute Gasteiger partial charge is 0.264 e. The van der Waals surface area contributed by atoms with Crippen LogP contribution in [-0.4, -0.2) is 28.4 Å². The van der Waals surface area contributed by atoms with Crippen LogP contribution in [0.5, 0.6) is 5.75 Å². The molecule has 0 amide bonds. The van der Waals surface area contributed by atoms with Crippen molar-refractivity contribution in [2.45, 2.75) is 24.7 Å². The van der Waals surface area contributed by atoms with Crippen LogP contribution in [0.4, 0.5) is 0 Å². The number of hydrogen-bond donors (Lipinski definition) is 0. The average Bonchev–Trinajstić information content (AvgIpc) is 2.25. The molecule has 3 fully saturated rings. The van der Waals surface area contributed by atoms with Crippen molar-refractivity contribution < 1.29 is 17.3 Å². The molecule has 0 atom stereocenters. The molecule has 3 aliphatic rings. The van der Waals surface area contributed by atoms with Gasteiger partial charge in [0, 0.05) is 0 Å². The highest BCUT2D eigenvalue weighted by atomic mass is 32.2. The van der Waals surface area contributed by atoms with Gasteiger partial charge >= 0.3 is 0 Å². The topological polar surface area (TPSA) is 52.6 Å². The number of benzene rings is 1. The lowest BCUT2D eigenvalue weighted by Gasteiger charge is -2.71. The van der Waals surface area contributed by atoms with Gasteiger partial charge < -0.3 is 4.74 Å². The molecule has 4 rings (SSSR count). The SMILES string of the molecule is COc1ccc(C23CC(COS(C)(=O)=O)(C2)C3)cc1. The van der Waals surface area contributed by atoms with E-state index >= 15 is 0 Å². The molecule has 0 heterocycles. The Balaban J connectivity index is 1.63. The summed E-state index contributed by atoms with van der Waals surface area (Å²) in [7, 11) is -1.66. The minimum absolute atomic E-state index is 0.100. The summed E-state index contributed by atoms with van der Waals surface area (Å²) >= 11 is 0. The summed E-state index contributed by atoms with van der Waals surface area (Å²) in [5, 5.41) is 0. The molecule has 0 unspecified atom stereocenters. The number of hydrogen-bond acceptors (Lipinski definition) is 4. The second kappa shape index (κ2) is 3.96. The zero-order valence-corrected chi connectivity index (χ0v) is 12.0. The summed E-state index contributed by atoms with van der Waals surface area (Å²) in [5.74, 6) is 0.866. The summed E-state index contributed by atoms with van der Waals surface area (Å²) in [6, 6.07) is 8.18. The highest BCUT2D eigenvalue weighted by Gasteiger charge is 2.68. The first-order valence-electron chi connectivity index (χ1n) is 6.36. The number of ether oxygens (including phenoxy) is 1. The van der Waals surface area contributed by atoms with Crippen molar-refractivity contribution in [3.8, 4) is 5.75 Å². The van der Waals surface area contributed by atoms with Crippen LogP contribution in [-0.2, 0) is 19.7 Å². The van der Waals surface area contributed by atoms with E-state index < -0.39 is 10.1 Å². The van der Waals surface area contributed by atoms with Crippen LogP contribution in [0.15, 0.2) is 24.3 Å². The largest absolute Gasteiger partial charge is 0.497 e. The van der Waals surface area contributed by atoms with Gasteiger partial charge in [0.15, 0.2) is 0 Å². The molecule has 0 aromatic heterocycles. The van der Waals surface area contributed by atoms with Crippen LogP contribution in [0.1, 0.15) is 24.8 Å². The van der Waals surface area contributed by atoms with Gasteiger partial charge in [-0.05, 0) is 47.8 Å². The van der Waals surface area contributed by atoms with E-state index in [2.05, 4.69) is 12.1 Å². The number of rotatable bonds is 5. The first-order valence-corrected chi connectivity index (χ1v) is 8.17. The van der Waals surface area contributed by atoms with Crippen molar-refractivity contribution in [3.63, 3.8) is 0 Å². The Morgan fingerprint density at radius 2 is 1.74 bits per heavy atom. The van der Waals surface area contributed by atoms with Gasteiger partial charge in [-0.15, -0.1) is 0 Å². The lowest BCUT2D eigenvalue weighted by Crippen LogP contribution is -2.66. The van der Waals surface area contributed by atoms with Gasteiger partial charge in [0.25, 0.3) is 10.1 Å². The first-order chi connectivity index (χ1) is 8.87. The molecule has 0 spiro atoms. The van der Waals surface area contributed by atoms with Crippen LogP contribution < -0.4 is 4.74 Å². The van der Waals surface area contributed by atoms with Gasteiger partial charge in [0.1, 0.15) is 5.75 Å². The lowest BCUT2D eigenvalue weighted by molar-refractivity contribution is -0.161. The Morgan fingerprint density at radius 3 is 2.21 bits per heavy atom. The predicted molar refractivity (Wildman–Crippen MR) is 71.8 cm³/mol. The molecule has 2 bridgehead atoms. The van der Waals surface area contributed by atoms with Crippen molar-refractivity contribution in [1.82, 2.24) is 0 Å². The second-order valence-corrected chi connectivity index (χ2v) is 7.65. The van der Waals surface area contributed by atoms with Crippen LogP contribution in [0, 0.1) is 5.41 Å². The standard InChI is InChI=1S/C14H18O4S/c1-17-12-5-3-11(4-6-12)14-7-13(8-14,9-14)10-18-19(2,15)16/h3-6H,7-10H2,1-2H3. The first kappa shape index (κ1) is 12.9. The van der Waals surface area contributed by atoms with E-state index in [0.717, 1.165) is 31.3 Å². The molecule has 5 heteroatoms. The normalized spacial score (nSPS) is 32.3. The second-order valence-electron chi connectivity index (χ2n) is 6.01. The molecule has 19 heavy (non-hydrogen) atoms. The zero-order valence-electron chi connectivity index (χ0n) is 11.2. The molecule has 3 saturated carbocycles. The number of methoxy groups -OCH3 is 1. The van der Waals surface area contributed by atoms with Crippen LogP contribution in [0.3, 0.4) is 0 Å². The van der Waals surface area contributed by atoms with Gasteiger partial charge in [-0.3, -0.25) is 4.18 Å². The van der Waals surface area contributed by atoms with Gasteiger partial charge in [0.05, 0.1) is 20.0 Å². The molecule has 0 saturated heterocycles. The quantitative estimate of drug-likeness (QED) is 0.776. The zero-order chi connectivity index (χ0) is 13.7. The maximum atomic E-state index is 11.0. The van der Waals surface area contributed by atoms with Crippen molar-refractivity contribution >= 4 is 10.1 Å². The van der Waals surface area contributed by atoms with Crippen molar-refractivity contribution in [1.29, 1.82) is 0 Å². The van der Waals surface area contributed by atoms with Crippen molar-refractivity contribution in [2.24, 2.45) is 5.41 Å². The summed E-state index contributed by atoms with van der Waals surface area (Å²) in [5.41, 5.74) is 1.69. The summed E-state index contributed by atoms with van der Waals surface area (Å²) in [6.45, 7) is 0.337. The Kier molecular flexibility index (Phi) is 2.70. The fourth-order valence-electron chi connectivity index (χ4n) is 3.63. The highest BCUT2D eigenvalue weighted by molar-refractivity contribution is 7.85. The molecular weight excluding hydrogens is 264 g/mol. The maximum Gasteiger partial charge on any atom is 0.264 e. The average molecular weight is 282 g/mol. The Bertz CT molecular complexity index is 569. The van der Waals surface area contributed by atoms with Gasteiger partial charge in [-0.25, -0.2) is 0 Å². The molecule has 104 valence electrons. The van der Waals surface area contributed by atoms with E-state index in [9.17, 15) is 8.42 Å². The van der Waals surface area contributed by atoms with E-state index in [1.165, 1.54) is 5.56 Å². The summed E-state index contributed by atoms with van der Waals surface area (Å²) in [4.78, 5) is 0. The summed E-state index contributed by atoms with van der Waals surface area (Å²) < 4.78 is 32.1. The lowest BCUT2D eigenvalue weighted by atomic mass is 9.34. The van der Waals surface area contributed by atoms with Gasteiger partial charge in [-0.2, -0.15) is 8.42 Å². The van der Waals surface area contributed by atoms with E-state index in [-0.39, 0.29) is 10.8 Å². The molecule has 0 aliphatic heterocycles. The van der Waals surface area contributed by atoms with E-state index in [0.29, 0.717) is 6.61 Å². The minimum Gasteiger partial charge on any atom is -0.497 e. The highest BCUT2D eigenvalue weighted by Crippen LogP contribution is 2.73. The van der Waals surface area contributed by atoms with Gasteiger partial charge in [0.2, 0.25) is 0 Å². The van der Waals surface area contributed by atoms with Crippen LogP contribution in [0.25, 0.3) is 0 Å². The monoisotopic (exact) mass is 282 g/mol.